The lowest BCUT2D eigenvalue weighted by Crippen LogP contribution is -1.81. The molecule has 0 spiro atoms. The van der Waals surface area contributed by atoms with Crippen molar-refractivity contribution in [2.75, 3.05) is 6.61 Å². The largest absolute Gasteiger partial charge is 0.368 e. The third-order valence-corrected chi connectivity index (χ3v) is 2.60. The molecular formula is C8H6BrClO. The molecule has 0 unspecified atom stereocenters. The molecule has 1 aromatic carbocycles. The summed E-state index contributed by atoms with van der Waals surface area (Å²) in [5.41, 5.74) is 1.15. The Labute approximate surface area is 78.4 Å². The van der Waals surface area contributed by atoms with E-state index in [4.69, 9.17) is 16.3 Å². The number of hydrogen-bond donors (Lipinski definition) is 0. The van der Waals surface area contributed by atoms with Gasteiger partial charge in [0.15, 0.2) is 0 Å². The van der Waals surface area contributed by atoms with Crippen molar-refractivity contribution in [3.8, 4) is 0 Å². The second kappa shape index (κ2) is 2.77. The van der Waals surface area contributed by atoms with Gasteiger partial charge in [0.25, 0.3) is 0 Å². The summed E-state index contributed by atoms with van der Waals surface area (Å²) in [6, 6.07) is 5.74. The minimum atomic E-state index is 0.267. The van der Waals surface area contributed by atoms with E-state index in [1.165, 1.54) is 0 Å². The maximum atomic E-state index is 5.81. The van der Waals surface area contributed by atoms with Gasteiger partial charge in [0.1, 0.15) is 6.10 Å². The maximum Gasteiger partial charge on any atom is 0.107 e. The van der Waals surface area contributed by atoms with Gasteiger partial charge in [0, 0.05) is 9.50 Å². The van der Waals surface area contributed by atoms with Crippen molar-refractivity contribution in [2.24, 2.45) is 0 Å². The molecule has 0 bridgehead atoms. The highest BCUT2D eigenvalue weighted by molar-refractivity contribution is 9.10. The second-order valence-electron chi connectivity index (χ2n) is 2.49. The lowest BCUT2D eigenvalue weighted by molar-refractivity contribution is 0.415. The summed E-state index contributed by atoms with van der Waals surface area (Å²) in [6.07, 6.45) is 0.267. The van der Waals surface area contributed by atoms with Crippen LogP contribution in [0.3, 0.4) is 0 Å². The van der Waals surface area contributed by atoms with Crippen molar-refractivity contribution < 1.29 is 4.74 Å². The van der Waals surface area contributed by atoms with Crippen LogP contribution in [0.5, 0.6) is 0 Å². The van der Waals surface area contributed by atoms with Crippen LogP contribution in [0.15, 0.2) is 22.7 Å². The molecule has 1 nitrogen and oxygen atoms in total. The first-order valence-electron chi connectivity index (χ1n) is 3.34. The quantitative estimate of drug-likeness (QED) is 0.679. The van der Waals surface area contributed by atoms with Gasteiger partial charge in [-0.3, -0.25) is 0 Å². The van der Waals surface area contributed by atoms with E-state index in [1.54, 1.807) is 0 Å². The Morgan fingerprint density at radius 1 is 1.55 bits per heavy atom. The predicted molar refractivity (Wildman–Crippen MR) is 47.8 cm³/mol. The van der Waals surface area contributed by atoms with Gasteiger partial charge in [-0.1, -0.05) is 27.5 Å². The van der Waals surface area contributed by atoms with Crippen LogP contribution >= 0.6 is 27.5 Å². The third kappa shape index (κ3) is 1.58. The summed E-state index contributed by atoms with van der Waals surface area (Å²) in [7, 11) is 0. The fourth-order valence-corrected chi connectivity index (χ4v) is 1.67. The molecule has 1 atom stereocenters. The van der Waals surface area contributed by atoms with Gasteiger partial charge in [0.05, 0.1) is 6.61 Å². The van der Waals surface area contributed by atoms with Crippen LogP contribution < -0.4 is 0 Å². The molecule has 0 saturated carbocycles. The zero-order chi connectivity index (χ0) is 7.84. The normalized spacial score (nSPS) is 21.8. The van der Waals surface area contributed by atoms with Crippen LogP contribution in [0.4, 0.5) is 0 Å². The van der Waals surface area contributed by atoms with Crippen molar-refractivity contribution in [3.63, 3.8) is 0 Å². The molecule has 1 aromatic rings. The number of hydrogen-bond acceptors (Lipinski definition) is 1. The van der Waals surface area contributed by atoms with Crippen LogP contribution in [0, 0.1) is 0 Å². The van der Waals surface area contributed by atoms with E-state index >= 15 is 0 Å². The fourth-order valence-electron chi connectivity index (χ4n) is 0.989. The molecule has 0 amide bonds. The minimum Gasteiger partial charge on any atom is -0.368 e. The Hall–Kier alpha value is -0.0500. The molecule has 1 heterocycles. The van der Waals surface area contributed by atoms with E-state index in [2.05, 4.69) is 15.9 Å². The smallest absolute Gasteiger partial charge is 0.107 e. The van der Waals surface area contributed by atoms with E-state index in [0.29, 0.717) is 0 Å². The molecule has 0 radical (unpaired) electrons. The van der Waals surface area contributed by atoms with Crippen LogP contribution in [0.2, 0.25) is 5.02 Å². The molecule has 0 N–H and O–H groups in total. The van der Waals surface area contributed by atoms with Crippen LogP contribution in [0.1, 0.15) is 11.7 Å². The molecule has 3 heteroatoms. The fraction of sp³-hybridized carbons (Fsp3) is 0.250. The van der Waals surface area contributed by atoms with Crippen molar-refractivity contribution >= 4 is 27.5 Å². The monoisotopic (exact) mass is 232 g/mol. The van der Waals surface area contributed by atoms with E-state index in [0.717, 1.165) is 21.7 Å². The molecule has 1 saturated heterocycles. The van der Waals surface area contributed by atoms with Gasteiger partial charge in [0.2, 0.25) is 0 Å². The Kier molecular flexibility index (Phi) is 1.91. The summed E-state index contributed by atoms with van der Waals surface area (Å²) in [5, 5.41) is 0.763. The SMILES string of the molecule is Clc1ccc(Br)c([C@@H]2CO2)c1. The van der Waals surface area contributed by atoms with Crippen LogP contribution in [-0.4, -0.2) is 6.61 Å². The summed E-state index contributed by atoms with van der Waals surface area (Å²) < 4.78 is 6.22. The number of ether oxygens (including phenoxy) is 1. The third-order valence-electron chi connectivity index (χ3n) is 1.64. The van der Waals surface area contributed by atoms with E-state index in [-0.39, 0.29) is 6.10 Å². The molecule has 1 fully saturated rings. The lowest BCUT2D eigenvalue weighted by Gasteiger charge is -1.99. The summed E-state index contributed by atoms with van der Waals surface area (Å²) in [4.78, 5) is 0. The molecular weight excluding hydrogens is 227 g/mol. The Morgan fingerprint density at radius 3 is 2.91 bits per heavy atom. The van der Waals surface area contributed by atoms with Gasteiger partial charge in [-0.2, -0.15) is 0 Å². The highest BCUT2D eigenvalue weighted by Gasteiger charge is 2.26. The van der Waals surface area contributed by atoms with Gasteiger partial charge in [-0.05, 0) is 23.8 Å². The highest BCUT2D eigenvalue weighted by atomic mass is 79.9. The predicted octanol–water partition coefficient (Wildman–Crippen LogP) is 3.17. The molecule has 1 aliphatic heterocycles. The average molecular weight is 233 g/mol. The van der Waals surface area contributed by atoms with Gasteiger partial charge < -0.3 is 4.74 Å². The van der Waals surface area contributed by atoms with Crippen LogP contribution in [0.25, 0.3) is 0 Å². The Morgan fingerprint density at radius 2 is 2.27 bits per heavy atom. The van der Waals surface area contributed by atoms with Crippen molar-refractivity contribution in [2.45, 2.75) is 6.10 Å². The molecule has 2 rings (SSSR count). The zero-order valence-corrected chi connectivity index (χ0v) is 8.02. The van der Waals surface area contributed by atoms with E-state index < -0.39 is 0 Å². The maximum absolute atomic E-state index is 5.81. The van der Waals surface area contributed by atoms with E-state index in [1.807, 2.05) is 18.2 Å². The topological polar surface area (TPSA) is 12.5 Å². The first kappa shape index (κ1) is 7.59. The van der Waals surface area contributed by atoms with Gasteiger partial charge in [-0.15, -0.1) is 0 Å². The first-order chi connectivity index (χ1) is 5.27. The zero-order valence-electron chi connectivity index (χ0n) is 5.68. The highest BCUT2D eigenvalue weighted by Crippen LogP contribution is 2.36. The van der Waals surface area contributed by atoms with Gasteiger partial charge in [-0.25, -0.2) is 0 Å². The van der Waals surface area contributed by atoms with Crippen molar-refractivity contribution in [1.29, 1.82) is 0 Å². The van der Waals surface area contributed by atoms with Crippen molar-refractivity contribution in [3.05, 3.63) is 33.3 Å². The molecule has 11 heavy (non-hydrogen) atoms. The van der Waals surface area contributed by atoms with E-state index in [9.17, 15) is 0 Å². The molecule has 58 valence electrons. The number of benzene rings is 1. The number of epoxide rings is 1. The lowest BCUT2D eigenvalue weighted by atomic mass is 10.2. The number of rotatable bonds is 1. The second-order valence-corrected chi connectivity index (χ2v) is 3.78. The van der Waals surface area contributed by atoms with Crippen LogP contribution in [-0.2, 0) is 4.74 Å². The standard InChI is InChI=1S/C8H6BrClO/c9-7-2-1-5(10)3-6(7)8-4-11-8/h1-3,8H,4H2/t8-/m0/s1. The summed E-state index contributed by atoms with van der Waals surface area (Å²) in [5.74, 6) is 0. The summed E-state index contributed by atoms with van der Waals surface area (Å²) >= 11 is 9.24. The first-order valence-corrected chi connectivity index (χ1v) is 4.51. The summed E-state index contributed by atoms with van der Waals surface area (Å²) in [6.45, 7) is 0.818. The average Bonchev–Trinajstić information content (AvgIpc) is 2.76. The Bertz CT molecular complexity index is 283. The Balaban J connectivity index is 2.42. The minimum absolute atomic E-state index is 0.267. The molecule has 0 aliphatic carbocycles. The number of halogens is 2. The van der Waals surface area contributed by atoms with Crippen molar-refractivity contribution in [1.82, 2.24) is 0 Å². The molecule has 1 aliphatic rings. The van der Waals surface area contributed by atoms with Gasteiger partial charge >= 0.3 is 0 Å². The molecule has 0 aromatic heterocycles.